The van der Waals surface area contributed by atoms with E-state index in [2.05, 4.69) is 26.1 Å². The van der Waals surface area contributed by atoms with Crippen molar-refractivity contribution in [2.75, 3.05) is 13.2 Å². The Morgan fingerprint density at radius 3 is 2.71 bits per heavy atom. The van der Waals surface area contributed by atoms with E-state index in [1.54, 1.807) is 6.26 Å². The van der Waals surface area contributed by atoms with Crippen molar-refractivity contribution >= 4 is 0 Å². The van der Waals surface area contributed by atoms with Crippen molar-refractivity contribution in [1.29, 1.82) is 0 Å². The van der Waals surface area contributed by atoms with Crippen LogP contribution in [0.25, 0.3) is 0 Å². The van der Waals surface area contributed by atoms with E-state index in [9.17, 15) is 0 Å². The van der Waals surface area contributed by atoms with Crippen LogP contribution in [0.5, 0.6) is 0 Å². The molecule has 3 heteroatoms. The minimum absolute atomic E-state index is 0.292. The summed E-state index contributed by atoms with van der Waals surface area (Å²) in [4.78, 5) is 0. The molecule has 0 aromatic carbocycles. The van der Waals surface area contributed by atoms with Crippen LogP contribution in [0.15, 0.2) is 23.0 Å². The van der Waals surface area contributed by atoms with Crippen LogP contribution in [0.4, 0.5) is 0 Å². The third-order valence-corrected chi connectivity index (χ3v) is 2.90. The lowest BCUT2D eigenvalue weighted by atomic mass is 9.99. The van der Waals surface area contributed by atoms with Gasteiger partial charge in [-0.15, -0.1) is 0 Å². The summed E-state index contributed by atoms with van der Waals surface area (Å²) in [5.74, 6) is 0. The average molecular weight is 239 g/mol. The first-order valence-electron chi connectivity index (χ1n) is 6.67. The highest BCUT2D eigenvalue weighted by Crippen LogP contribution is 2.13. The van der Waals surface area contributed by atoms with Crippen molar-refractivity contribution < 1.29 is 9.15 Å². The smallest absolute Gasteiger partial charge is 0.0935 e. The minimum Gasteiger partial charge on any atom is -0.472 e. The van der Waals surface area contributed by atoms with Gasteiger partial charge in [-0.3, -0.25) is 0 Å². The maximum atomic E-state index is 5.85. The summed E-state index contributed by atoms with van der Waals surface area (Å²) in [5.41, 5.74) is 1.23. The highest BCUT2D eigenvalue weighted by atomic mass is 16.5. The molecule has 0 radical (unpaired) electrons. The quantitative estimate of drug-likeness (QED) is 0.719. The summed E-state index contributed by atoms with van der Waals surface area (Å²) < 4.78 is 11.0. The molecule has 0 bridgehead atoms. The number of furan rings is 1. The predicted octanol–water partition coefficient (Wildman–Crippen LogP) is 3.01. The van der Waals surface area contributed by atoms with E-state index in [-0.39, 0.29) is 0 Å². The standard InChI is InChI=1S/C14H25NO2/c1-4-7-14(17-6-3)13(15-5-2)10-12-8-9-16-11-12/h8-9,11,13-15H,4-7,10H2,1-3H3. The van der Waals surface area contributed by atoms with Crippen LogP contribution in [0, 0.1) is 0 Å². The molecule has 3 nitrogen and oxygen atoms in total. The van der Waals surface area contributed by atoms with Gasteiger partial charge in [0.15, 0.2) is 0 Å². The summed E-state index contributed by atoms with van der Waals surface area (Å²) in [6, 6.07) is 2.40. The molecular weight excluding hydrogens is 214 g/mol. The Balaban J connectivity index is 2.60. The first-order valence-corrected chi connectivity index (χ1v) is 6.67. The predicted molar refractivity (Wildman–Crippen MR) is 70.2 cm³/mol. The molecule has 1 heterocycles. The first-order chi connectivity index (χ1) is 8.31. The van der Waals surface area contributed by atoms with Gasteiger partial charge in [0.2, 0.25) is 0 Å². The molecule has 98 valence electrons. The van der Waals surface area contributed by atoms with Crippen LogP contribution in [-0.2, 0) is 11.2 Å². The van der Waals surface area contributed by atoms with Crippen molar-refractivity contribution in [3.63, 3.8) is 0 Å². The molecule has 0 fully saturated rings. The highest BCUT2D eigenvalue weighted by molar-refractivity contribution is 5.08. The molecule has 0 amide bonds. The van der Waals surface area contributed by atoms with E-state index < -0.39 is 0 Å². The molecule has 0 saturated carbocycles. The maximum Gasteiger partial charge on any atom is 0.0935 e. The second kappa shape index (κ2) is 8.31. The number of nitrogens with one attached hydrogen (secondary N) is 1. The van der Waals surface area contributed by atoms with Crippen molar-refractivity contribution in [2.24, 2.45) is 0 Å². The van der Waals surface area contributed by atoms with Crippen molar-refractivity contribution in [3.05, 3.63) is 24.2 Å². The largest absolute Gasteiger partial charge is 0.472 e. The third kappa shape index (κ3) is 4.92. The zero-order valence-electron chi connectivity index (χ0n) is 11.2. The van der Waals surface area contributed by atoms with Gasteiger partial charge in [-0.25, -0.2) is 0 Å². The molecule has 0 saturated heterocycles. The molecule has 1 aromatic heterocycles. The van der Waals surface area contributed by atoms with Crippen LogP contribution >= 0.6 is 0 Å². The monoisotopic (exact) mass is 239 g/mol. The van der Waals surface area contributed by atoms with Crippen molar-refractivity contribution in [3.8, 4) is 0 Å². The fourth-order valence-electron chi connectivity index (χ4n) is 2.16. The fraction of sp³-hybridized carbons (Fsp3) is 0.714. The molecule has 0 aliphatic heterocycles. The Hall–Kier alpha value is -0.800. The second-order valence-electron chi connectivity index (χ2n) is 4.28. The minimum atomic E-state index is 0.292. The van der Waals surface area contributed by atoms with Gasteiger partial charge in [0.25, 0.3) is 0 Å². The number of hydrogen-bond acceptors (Lipinski definition) is 3. The second-order valence-corrected chi connectivity index (χ2v) is 4.28. The van der Waals surface area contributed by atoms with Crippen LogP contribution in [-0.4, -0.2) is 25.3 Å². The van der Waals surface area contributed by atoms with E-state index >= 15 is 0 Å². The fourth-order valence-corrected chi connectivity index (χ4v) is 2.16. The number of ether oxygens (including phenoxy) is 1. The summed E-state index contributed by atoms with van der Waals surface area (Å²) >= 11 is 0. The van der Waals surface area contributed by atoms with Crippen LogP contribution in [0.3, 0.4) is 0 Å². The van der Waals surface area contributed by atoms with Gasteiger partial charge >= 0.3 is 0 Å². The van der Waals surface area contributed by atoms with Crippen LogP contribution in [0.2, 0.25) is 0 Å². The Kier molecular flexibility index (Phi) is 6.97. The molecular formula is C14H25NO2. The average Bonchev–Trinajstić information content (AvgIpc) is 2.81. The lowest BCUT2D eigenvalue weighted by Crippen LogP contribution is -2.43. The summed E-state index contributed by atoms with van der Waals surface area (Å²) in [5, 5.41) is 3.52. The topological polar surface area (TPSA) is 34.4 Å². The first kappa shape index (κ1) is 14.3. The molecule has 17 heavy (non-hydrogen) atoms. The van der Waals surface area contributed by atoms with Gasteiger partial charge < -0.3 is 14.5 Å². The molecule has 0 aliphatic rings. The van der Waals surface area contributed by atoms with Gasteiger partial charge in [0.05, 0.1) is 18.6 Å². The van der Waals surface area contributed by atoms with Gasteiger partial charge in [0, 0.05) is 12.6 Å². The van der Waals surface area contributed by atoms with Crippen molar-refractivity contribution in [1.82, 2.24) is 5.32 Å². The van der Waals surface area contributed by atoms with E-state index in [0.29, 0.717) is 12.1 Å². The number of hydrogen-bond donors (Lipinski definition) is 1. The van der Waals surface area contributed by atoms with Gasteiger partial charge in [-0.05, 0) is 37.9 Å². The molecule has 1 aromatic rings. The third-order valence-electron chi connectivity index (χ3n) is 2.90. The van der Waals surface area contributed by atoms with Gasteiger partial charge in [-0.2, -0.15) is 0 Å². The summed E-state index contributed by atoms with van der Waals surface area (Å²) in [7, 11) is 0. The lowest BCUT2D eigenvalue weighted by molar-refractivity contribution is 0.0285. The van der Waals surface area contributed by atoms with Crippen LogP contribution < -0.4 is 5.32 Å². The van der Waals surface area contributed by atoms with E-state index in [0.717, 1.165) is 32.4 Å². The summed E-state index contributed by atoms with van der Waals surface area (Å²) in [6.07, 6.45) is 7.06. The Morgan fingerprint density at radius 1 is 1.35 bits per heavy atom. The Bertz CT molecular complexity index is 266. The number of likely N-dealkylation sites (N-methyl/N-ethyl adjacent to an activating group) is 1. The summed E-state index contributed by atoms with van der Waals surface area (Å²) in [6.45, 7) is 8.14. The zero-order valence-corrected chi connectivity index (χ0v) is 11.2. The SMILES string of the molecule is CCCC(OCC)C(Cc1ccoc1)NCC. The number of rotatable bonds is 9. The lowest BCUT2D eigenvalue weighted by Gasteiger charge is -2.27. The van der Waals surface area contributed by atoms with Gasteiger partial charge in [-0.1, -0.05) is 20.3 Å². The Morgan fingerprint density at radius 2 is 2.18 bits per heavy atom. The van der Waals surface area contributed by atoms with Gasteiger partial charge in [0.1, 0.15) is 0 Å². The molecule has 0 spiro atoms. The Labute approximate surface area is 105 Å². The molecule has 2 atom stereocenters. The molecule has 2 unspecified atom stereocenters. The van der Waals surface area contributed by atoms with E-state index in [1.807, 2.05) is 12.3 Å². The van der Waals surface area contributed by atoms with Crippen molar-refractivity contribution in [2.45, 2.75) is 52.2 Å². The molecule has 1 rings (SSSR count). The zero-order chi connectivity index (χ0) is 12.5. The van der Waals surface area contributed by atoms with Crippen LogP contribution in [0.1, 0.15) is 39.2 Å². The maximum absolute atomic E-state index is 5.85. The van der Waals surface area contributed by atoms with E-state index in [4.69, 9.17) is 9.15 Å². The normalized spacial score (nSPS) is 14.8. The highest BCUT2D eigenvalue weighted by Gasteiger charge is 2.20. The van der Waals surface area contributed by atoms with E-state index in [1.165, 1.54) is 5.56 Å². The molecule has 1 N–H and O–H groups in total. The molecule has 0 aliphatic carbocycles.